The van der Waals surface area contributed by atoms with Crippen LogP contribution in [0.1, 0.15) is 31.7 Å². The predicted molar refractivity (Wildman–Crippen MR) is 55.9 cm³/mol. The van der Waals surface area contributed by atoms with Crippen LogP contribution in [0.2, 0.25) is 0 Å². The van der Waals surface area contributed by atoms with E-state index in [-0.39, 0.29) is 0 Å². The molecule has 1 N–H and O–H groups in total. The van der Waals surface area contributed by atoms with Gasteiger partial charge < -0.3 is 5.11 Å². The predicted octanol–water partition coefficient (Wildman–Crippen LogP) is 3.33. The Morgan fingerprint density at radius 1 is 1.27 bits per heavy atom. The van der Waals surface area contributed by atoms with Crippen LogP contribution in [0.15, 0.2) is 30.3 Å². The second-order valence-corrected chi connectivity index (χ2v) is 3.74. The highest BCUT2D eigenvalue weighted by Crippen LogP contribution is 2.32. The Bertz CT molecular complexity index is 287. The first kappa shape index (κ1) is 12.1. The Labute approximate surface area is 88.7 Å². The summed E-state index contributed by atoms with van der Waals surface area (Å²) in [7, 11) is 0. The molecule has 0 radical (unpaired) electrons. The van der Waals surface area contributed by atoms with Gasteiger partial charge in [0.2, 0.25) is 6.43 Å². The third kappa shape index (κ3) is 3.27. The molecule has 1 unspecified atom stereocenters. The number of aliphatic hydroxyl groups is 1. The van der Waals surface area contributed by atoms with E-state index in [1.807, 2.05) is 6.92 Å². The van der Waals surface area contributed by atoms with E-state index in [0.29, 0.717) is 18.4 Å². The van der Waals surface area contributed by atoms with Gasteiger partial charge in [-0.25, -0.2) is 8.78 Å². The van der Waals surface area contributed by atoms with Gasteiger partial charge in [0.05, 0.1) is 5.60 Å². The monoisotopic (exact) mass is 214 g/mol. The van der Waals surface area contributed by atoms with Gasteiger partial charge in [0, 0.05) is 6.42 Å². The van der Waals surface area contributed by atoms with Crippen molar-refractivity contribution in [1.82, 2.24) is 0 Å². The van der Waals surface area contributed by atoms with Crippen LogP contribution in [0.5, 0.6) is 0 Å². The molecular formula is C12H16F2O. The van der Waals surface area contributed by atoms with Crippen LogP contribution in [0.25, 0.3) is 0 Å². The van der Waals surface area contributed by atoms with Gasteiger partial charge in [0.1, 0.15) is 0 Å². The van der Waals surface area contributed by atoms with Gasteiger partial charge >= 0.3 is 0 Å². The smallest absolute Gasteiger partial charge is 0.241 e. The largest absolute Gasteiger partial charge is 0.385 e. The number of rotatable bonds is 5. The lowest BCUT2D eigenvalue weighted by molar-refractivity contribution is -0.0333. The number of halogens is 2. The lowest BCUT2D eigenvalue weighted by Crippen LogP contribution is -2.28. The minimum absolute atomic E-state index is 0.362. The molecule has 1 aromatic rings. The average molecular weight is 214 g/mol. The second-order valence-electron chi connectivity index (χ2n) is 3.74. The van der Waals surface area contributed by atoms with Crippen LogP contribution in [0.4, 0.5) is 8.78 Å². The van der Waals surface area contributed by atoms with Crippen molar-refractivity contribution in [2.24, 2.45) is 0 Å². The minimum Gasteiger partial charge on any atom is -0.385 e. The van der Waals surface area contributed by atoms with Crippen molar-refractivity contribution in [3.8, 4) is 0 Å². The zero-order valence-corrected chi connectivity index (χ0v) is 8.79. The zero-order valence-electron chi connectivity index (χ0n) is 8.79. The molecule has 0 saturated carbocycles. The molecule has 0 amide bonds. The lowest BCUT2D eigenvalue weighted by atomic mass is 9.86. The highest BCUT2D eigenvalue weighted by atomic mass is 19.3. The number of hydrogen-bond acceptors (Lipinski definition) is 1. The van der Waals surface area contributed by atoms with Crippen LogP contribution in [-0.4, -0.2) is 11.5 Å². The Hall–Kier alpha value is -0.960. The number of benzene rings is 1. The quantitative estimate of drug-likeness (QED) is 0.797. The Morgan fingerprint density at radius 2 is 1.87 bits per heavy atom. The van der Waals surface area contributed by atoms with Gasteiger partial charge in [-0.3, -0.25) is 0 Å². The van der Waals surface area contributed by atoms with E-state index >= 15 is 0 Å². The maximum atomic E-state index is 12.4. The summed E-state index contributed by atoms with van der Waals surface area (Å²) in [5, 5.41) is 10.2. The average Bonchev–Trinajstić information content (AvgIpc) is 2.18. The first-order valence-electron chi connectivity index (χ1n) is 5.14. The molecule has 0 heterocycles. The van der Waals surface area contributed by atoms with Gasteiger partial charge in [0.25, 0.3) is 0 Å². The van der Waals surface area contributed by atoms with E-state index in [1.54, 1.807) is 30.3 Å². The van der Waals surface area contributed by atoms with Crippen molar-refractivity contribution in [3.63, 3.8) is 0 Å². The zero-order chi connectivity index (χ0) is 11.3. The van der Waals surface area contributed by atoms with Gasteiger partial charge in [-0.1, -0.05) is 43.7 Å². The maximum absolute atomic E-state index is 12.4. The summed E-state index contributed by atoms with van der Waals surface area (Å²) in [6, 6.07) is 8.69. The fourth-order valence-electron chi connectivity index (χ4n) is 1.78. The summed E-state index contributed by atoms with van der Waals surface area (Å²) in [5.41, 5.74) is -0.809. The molecule has 1 aromatic carbocycles. The first-order valence-corrected chi connectivity index (χ1v) is 5.14. The molecule has 0 bridgehead atoms. The molecule has 0 aliphatic carbocycles. The standard InChI is InChI=1S/C12H16F2O/c1-2-8-12(15,9-11(13)14)10-6-4-3-5-7-10/h3-7,11,15H,2,8-9H2,1H3. The third-order valence-electron chi connectivity index (χ3n) is 2.47. The normalized spacial score (nSPS) is 15.3. The Morgan fingerprint density at radius 3 is 2.33 bits per heavy atom. The van der Waals surface area contributed by atoms with Crippen molar-refractivity contribution >= 4 is 0 Å². The molecule has 0 aliphatic heterocycles. The van der Waals surface area contributed by atoms with E-state index in [9.17, 15) is 13.9 Å². The molecule has 1 rings (SSSR count). The summed E-state index contributed by atoms with van der Waals surface area (Å²) in [6.07, 6.45) is -1.94. The second kappa shape index (κ2) is 5.21. The Kier molecular flexibility index (Phi) is 4.21. The molecule has 0 spiro atoms. The summed E-state index contributed by atoms with van der Waals surface area (Å²) in [6.45, 7) is 1.87. The molecule has 15 heavy (non-hydrogen) atoms. The number of hydrogen-bond donors (Lipinski definition) is 1. The Balaban J connectivity index is 2.90. The fraction of sp³-hybridized carbons (Fsp3) is 0.500. The van der Waals surface area contributed by atoms with Crippen molar-refractivity contribution in [2.75, 3.05) is 0 Å². The highest BCUT2D eigenvalue weighted by Gasteiger charge is 2.31. The summed E-state index contributed by atoms with van der Waals surface area (Å²) in [5.74, 6) is 0. The van der Waals surface area contributed by atoms with Crippen molar-refractivity contribution in [3.05, 3.63) is 35.9 Å². The molecule has 0 saturated heterocycles. The third-order valence-corrected chi connectivity index (χ3v) is 2.47. The van der Waals surface area contributed by atoms with Crippen LogP contribution in [-0.2, 0) is 5.60 Å². The number of alkyl halides is 2. The van der Waals surface area contributed by atoms with Crippen molar-refractivity contribution in [1.29, 1.82) is 0 Å². The molecule has 0 aliphatic rings. The van der Waals surface area contributed by atoms with Gasteiger partial charge in [-0.2, -0.15) is 0 Å². The van der Waals surface area contributed by atoms with Crippen molar-refractivity contribution < 1.29 is 13.9 Å². The summed E-state index contributed by atoms with van der Waals surface area (Å²) >= 11 is 0. The molecular weight excluding hydrogens is 198 g/mol. The molecule has 84 valence electrons. The van der Waals surface area contributed by atoms with Crippen LogP contribution in [0.3, 0.4) is 0 Å². The van der Waals surface area contributed by atoms with Gasteiger partial charge in [0.15, 0.2) is 0 Å². The maximum Gasteiger partial charge on any atom is 0.241 e. The first-order chi connectivity index (χ1) is 7.08. The van der Waals surface area contributed by atoms with Crippen molar-refractivity contribution in [2.45, 2.75) is 38.2 Å². The van der Waals surface area contributed by atoms with E-state index in [2.05, 4.69) is 0 Å². The summed E-state index contributed by atoms with van der Waals surface area (Å²) in [4.78, 5) is 0. The van der Waals surface area contributed by atoms with Crippen LogP contribution >= 0.6 is 0 Å². The van der Waals surface area contributed by atoms with Crippen LogP contribution in [0, 0.1) is 0 Å². The molecule has 0 fully saturated rings. The van der Waals surface area contributed by atoms with Gasteiger partial charge in [-0.05, 0) is 12.0 Å². The molecule has 3 heteroatoms. The lowest BCUT2D eigenvalue weighted by Gasteiger charge is -2.28. The van der Waals surface area contributed by atoms with E-state index in [1.165, 1.54) is 0 Å². The van der Waals surface area contributed by atoms with E-state index < -0.39 is 18.4 Å². The topological polar surface area (TPSA) is 20.2 Å². The van der Waals surface area contributed by atoms with E-state index in [4.69, 9.17) is 0 Å². The summed E-state index contributed by atoms with van der Waals surface area (Å²) < 4.78 is 24.8. The fourth-order valence-corrected chi connectivity index (χ4v) is 1.78. The minimum atomic E-state index is -2.48. The van der Waals surface area contributed by atoms with Gasteiger partial charge in [-0.15, -0.1) is 0 Å². The highest BCUT2D eigenvalue weighted by molar-refractivity contribution is 5.22. The molecule has 0 aromatic heterocycles. The molecule has 1 atom stereocenters. The van der Waals surface area contributed by atoms with Crippen LogP contribution < -0.4 is 0 Å². The SMILES string of the molecule is CCCC(O)(CC(F)F)c1ccccc1. The van der Waals surface area contributed by atoms with E-state index in [0.717, 1.165) is 0 Å². The molecule has 1 nitrogen and oxygen atoms in total.